The standard InChI is InChI=1S/C32H33Cl2F2N3O5S/c1-2-32(35,36)20-44-23-10-11-27(25(34)16-23)45(42,43)24-17-26(28(40)38-30(19-37)14-15-30)39(18-24)29(41)31(12-4-3-5-13-31)21-6-8-22(33)9-7-21/h2,6-11,16,24,26H,1,3-5,12-15,17-18,20H2,(H,38,40)/t24-,26+/m1/s1. The van der Waals surface area contributed by atoms with Crippen molar-refractivity contribution in [3.05, 3.63) is 70.7 Å². The Balaban J connectivity index is 1.47. The number of hydrogen-bond acceptors (Lipinski definition) is 6. The Morgan fingerprint density at radius 3 is 2.36 bits per heavy atom. The zero-order chi connectivity index (χ0) is 32.6. The maximum absolute atomic E-state index is 14.6. The van der Waals surface area contributed by atoms with Gasteiger partial charge in [-0.3, -0.25) is 9.59 Å². The first kappa shape index (κ1) is 33.2. The fourth-order valence-corrected chi connectivity index (χ4v) is 8.61. The largest absolute Gasteiger partial charge is 0.487 e. The van der Waals surface area contributed by atoms with Crippen LogP contribution in [-0.2, 0) is 24.8 Å². The van der Waals surface area contributed by atoms with Gasteiger partial charge in [0.1, 0.15) is 17.3 Å². The first-order valence-corrected chi connectivity index (χ1v) is 17.0. The van der Waals surface area contributed by atoms with E-state index < -0.39 is 50.5 Å². The van der Waals surface area contributed by atoms with Crippen LogP contribution >= 0.6 is 23.2 Å². The Bertz CT molecular complexity index is 1630. The van der Waals surface area contributed by atoms with Crippen molar-refractivity contribution >= 4 is 44.9 Å². The maximum Gasteiger partial charge on any atom is 0.299 e. The van der Waals surface area contributed by atoms with E-state index in [0.717, 1.165) is 30.9 Å². The van der Waals surface area contributed by atoms with Gasteiger partial charge in [0.25, 0.3) is 5.92 Å². The van der Waals surface area contributed by atoms with E-state index in [1.165, 1.54) is 17.0 Å². The number of ether oxygens (including phenoxy) is 1. The lowest BCUT2D eigenvalue weighted by Crippen LogP contribution is -2.55. The Morgan fingerprint density at radius 2 is 1.78 bits per heavy atom. The van der Waals surface area contributed by atoms with Gasteiger partial charge in [-0.1, -0.05) is 61.2 Å². The first-order valence-electron chi connectivity index (χ1n) is 14.7. The maximum atomic E-state index is 14.6. The highest BCUT2D eigenvalue weighted by molar-refractivity contribution is 7.92. The monoisotopic (exact) mass is 679 g/mol. The van der Waals surface area contributed by atoms with Gasteiger partial charge in [-0.15, -0.1) is 0 Å². The highest BCUT2D eigenvalue weighted by Crippen LogP contribution is 2.44. The van der Waals surface area contributed by atoms with Gasteiger partial charge in [0, 0.05) is 17.6 Å². The molecule has 0 spiro atoms. The van der Waals surface area contributed by atoms with E-state index in [0.29, 0.717) is 36.8 Å². The summed E-state index contributed by atoms with van der Waals surface area (Å²) in [6.45, 7) is 1.78. The number of rotatable bonds is 10. The van der Waals surface area contributed by atoms with Crippen molar-refractivity contribution in [1.82, 2.24) is 10.2 Å². The van der Waals surface area contributed by atoms with Crippen LogP contribution in [0.25, 0.3) is 0 Å². The number of nitriles is 1. The van der Waals surface area contributed by atoms with E-state index in [1.54, 1.807) is 24.3 Å². The SMILES string of the molecule is C=CC(F)(F)COc1ccc(S(=O)(=O)[C@@H]2C[C@@H](C(=O)NC3(C#N)CC3)N(C(=O)C3(c4ccc(Cl)cc4)CCCCC3)C2)c(Cl)c1. The fourth-order valence-electron chi connectivity index (χ4n) is 6.25. The molecule has 0 bridgehead atoms. The molecule has 240 valence electrons. The molecule has 0 unspecified atom stereocenters. The second-order valence-corrected chi connectivity index (χ2v) is 15.1. The molecule has 2 aromatic carbocycles. The second kappa shape index (κ2) is 12.5. The second-order valence-electron chi connectivity index (χ2n) is 12.1. The van der Waals surface area contributed by atoms with Crippen LogP contribution in [0.2, 0.25) is 10.0 Å². The molecule has 3 aliphatic rings. The zero-order valence-electron chi connectivity index (χ0n) is 24.4. The van der Waals surface area contributed by atoms with Crippen molar-refractivity contribution in [2.75, 3.05) is 13.2 Å². The number of sulfone groups is 1. The van der Waals surface area contributed by atoms with Gasteiger partial charge in [-0.2, -0.15) is 14.0 Å². The number of benzene rings is 2. The van der Waals surface area contributed by atoms with Crippen LogP contribution < -0.4 is 10.1 Å². The van der Waals surface area contributed by atoms with Crippen molar-refractivity contribution < 1.29 is 31.5 Å². The lowest BCUT2D eigenvalue weighted by molar-refractivity contribution is -0.144. The molecule has 8 nitrogen and oxygen atoms in total. The Morgan fingerprint density at radius 1 is 1.11 bits per heavy atom. The molecule has 1 saturated heterocycles. The van der Waals surface area contributed by atoms with Crippen LogP contribution in [0.4, 0.5) is 8.78 Å². The van der Waals surface area contributed by atoms with Crippen LogP contribution in [0, 0.1) is 11.3 Å². The summed E-state index contributed by atoms with van der Waals surface area (Å²) in [5, 5.41) is 11.4. The minimum atomic E-state index is -4.23. The Labute approximate surface area is 271 Å². The summed E-state index contributed by atoms with van der Waals surface area (Å²) in [7, 11) is -4.23. The zero-order valence-corrected chi connectivity index (χ0v) is 26.7. The normalized spacial score (nSPS) is 22.2. The van der Waals surface area contributed by atoms with Gasteiger partial charge in [0.2, 0.25) is 11.8 Å². The average Bonchev–Trinajstić information content (AvgIpc) is 3.64. The van der Waals surface area contributed by atoms with E-state index in [-0.39, 0.29) is 34.5 Å². The smallest absolute Gasteiger partial charge is 0.299 e. The topological polar surface area (TPSA) is 117 Å². The lowest BCUT2D eigenvalue weighted by Gasteiger charge is -2.40. The number of alkyl halides is 2. The molecule has 0 aromatic heterocycles. The average molecular weight is 681 g/mol. The quantitative estimate of drug-likeness (QED) is 0.308. The number of carbonyl (C=O) groups is 2. The predicted molar refractivity (Wildman–Crippen MR) is 165 cm³/mol. The third-order valence-electron chi connectivity index (χ3n) is 9.04. The number of carbonyl (C=O) groups excluding carboxylic acids is 2. The number of nitrogens with one attached hydrogen (secondary N) is 1. The Hall–Kier alpha value is -3.20. The molecular formula is C32H33Cl2F2N3O5S. The number of likely N-dealkylation sites (tertiary alicyclic amines) is 1. The molecule has 2 aromatic rings. The molecule has 2 atom stereocenters. The number of hydrogen-bond donors (Lipinski definition) is 1. The Kier molecular flexibility index (Phi) is 9.24. The molecule has 1 heterocycles. The van der Waals surface area contributed by atoms with E-state index in [1.807, 2.05) is 0 Å². The van der Waals surface area contributed by atoms with Crippen molar-refractivity contribution in [2.45, 2.75) is 84.4 Å². The van der Waals surface area contributed by atoms with Crippen LogP contribution in [0.1, 0.15) is 56.9 Å². The lowest BCUT2D eigenvalue weighted by atomic mass is 9.68. The molecule has 1 N–H and O–H groups in total. The van der Waals surface area contributed by atoms with Gasteiger partial charge in [0.15, 0.2) is 16.4 Å². The first-order chi connectivity index (χ1) is 21.3. The summed E-state index contributed by atoms with van der Waals surface area (Å²) < 4.78 is 60.2. The van der Waals surface area contributed by atoms with E-state index in [2.05, 4.69) is 18.0 Å². The molecule has 2 amide bonds. The number of nitrogens with zero attached hydrogens (tertiary/aromatic N) is 2. The van der Waals surface area contributed by atoms with Crippen molar-refractivity contribution in [1.29, 1.82) is 5.26 Å². The van der Waals surface area contributed by atoms with Crippen LogP contribution in [0.3, 0.4) is 0 Å². The van der Waals surface area contributed by atoms with Crippen molar-refractivity contribution in [3.8, 4) is 11.8 Å². The predicted octanol–water partition coefficient (Wildman–Crippen LogP) is 6.01. The summed E-state index contributed by atoms with van der Waals surface area (Å²) in [6.07, 6.45) is 4.72. The van der Waals surface area contributed by atoms with Crippen molar-refractivity contribution in [3.63, 3.8) is 0 Å². The van der Waals surface area contributed by atoms with Gasteiger partial charge in [-0.05, 0) is 68.0 Å². The van der Waals surface area contributed by atoms with Crippen LogP contribution in [0.15, 0.2) is 60.0 Å². The summed E-state index contributed by atoms with van der Waals surface area (Å²) >= 11 is 12.5. The number of amides is 2. The highest BCUT2D eigenvalue weighted by Gasteiger charge is 2.54. The third-order valence-corrected chi connectivity index (χ3v) is 11.9. The van der Waals surface area contributed by atoms with E-state index in [9.17, 15) is 32.0 Å². The molecule has 2 aliphatic carbocycles. The molecule has 3 fully saturated rings. The van der Waals surface area contributed by atoms with Crippen LogP contribution in [0.5, 0.6) is 5.75 Å². The van der Waals surface area contributed by atoms with Gasteiger partial charge >= 0.3 is 0 Å². The molecule has 5 rings (SSSR count). The summed E-state index contributed by atoms with van der Waals surface area (Å²) in [6, 6.07) is 11.5. The number of halogens is 4. The molecule has 1 aliphatic heterocycles. The van der Waals surface area contributed by atoms with Gasteiger partial charge in [-0.25, -0.2) is 8.42 Å². The van der Waals surface area contributed by atoms with Gasteiger partial charge in [0.05, 0.1) is 26.7 Å². The molecule has 0 radical (unpaired) electrons. The minimum Gasteiger partial charge on any atom is -0.487 e. The molecule has 45 heavy (non-hydrogen) atoms. The highest BCUT2D eigenvalue weighted by atomic mass is 35.5. The molecule has 2 saturated carbocycles. The van der Waals surface area contributed by atoms with E-state index in [4.69, 9.17) is 27.9 Å². The van der Waals surface area contributed by atoms with E-state index >= 15 is 0 Å². The minimum absolute atomic E-state index is 0.0607. The summed E-state index contributed by atoms with van der Waals surface area (Å²) in [5.41, 5.74) is -1.25. The van der Waals surface area contributed by atoms with Crippen LogP contribution in [-0.4, -0.2) is 61.0 Å². The third kappa shape index (κ3) is 6.69. The van der Waals surface area contributed by atoms with Gasteiger partial charge < -0.3 is 15.0 Å². The summed E-state index contributed by atoms with van der Waals surface area (Å²) in [4.78, 5) is 29.4. The molecular weight excluding hydrogens is 647 g/mol. The fraction of sp³-hybridized carbons (Fsp3) is 0.469. The van der Waals surface area contributed by atoms with Crippen molar-refractivity contribution in [2.24, 2.45) is 0 Å². The molecule has 13 heteroatoms. The summed E-state index contributed by atoms with van der Waals surface area (Å²) in [5.74, 6) is -4.28.